The fourth-order valence-electron chi connectivity index (χ4n) is 2.01. The van der Waals surface area contributed by atoms with E-state index >= 15 is 0 Å². The summed E-state index contributed by atoms with van der Waals surface area (Å²) in [5, 5.41) is 8.87. The number of alkyl halides is 3. The molecule has 0 saturated carbocycles. The second-order valence-electron chi connectivity index (χ2n) is 4.39. The van der Waals surface area contributed by atoms with Gasteiger partial charge in [0, 0.05) is 5.56 Å². The van der Waals surface area contributed by atoms with E-state index in [1.165, 1.54) is 30.5 Å². The van der Waals surface area contributed by atoms with Crippen LogP contribution in [0.15, 0.2) is 36.5 Å². The van der Waals surface area contributed by atoms with E-state index in [9.17, 15) is 18.0 Å². The first-order chi connectivity index (χ1) is 9.79. The van der Waals surface area contributed by atoms with Crippen LogP contribution in [0, 0.1) is 0 Å². The fraction of sp³-hybridized carbons (Fsp3) is 0.143. The van der Waals surface area contributed by atoms with E-state index in [1.807, 2.05) is 0 Å². The third-order valence-corrected chi connectivity index (χ3v) is 2.82. The molecule has 7 heteroatoms. The zero-order valence-electron chi connectivity index (χ0n) is 10.7. The van der Waals surface area contributed by atoms with Crippen LogP contribution in [0.2, 0.25) is 0 Å². The number of hydrogen-bond acceptors (Lipinski definition) is 3. The largest absolute Gasteiger partial charge is 0.481 e. The average molecular weight is 296 g/mol. The molecule has 0 radical (unpaired) electrons. The predicted octanol–water partition coefficient (Wildman–Crippen LogP) is 2.98. The van der Waals surface area contributed by atoms with Gasteiger partial charge in [-0.1, -0.05) is 18.2 Å². The van der Waals surface area contributed by atoms with Gasteiger partial charge in [-0.05, 0) is 17.7 Å². The summed E-state index contributed by atoms with van der Waals surface area (Å²) in [4.78, 5) is 14.7. The van der Waals surface area contributed by atoms with Gasteiger partial charge >= 0.3 is 12.1 Å². The summed E-state index contributed by atoms with van der Waals surface area (Å²) in [5.74, 6) is -1.17. The number of nitrogen functional groups attached to an aromatic ring is 1. The van der Waals surface area contributed by atoms with Crippen LogP contribution in [0.4, 0.5) is 18.9 Å². The first-order valence-electron chi connectivity index (χ1n) is 5.92. The topological polar surface area (TPSA) is 76.2 Å². The zero-order valence-corrected chi connectivity index (χ0v) is 10.7. The van der Waals surface area contributed by atoms with Crippen LogP contribution in [0.1, 0.15) is 11.1 Å². The monoisotopic (exact) mass is 296 g/mol. The minimum absolute atomic E-state index is 0.0282. The summed E-state index contributed by atoms with van der Waals surface area (Å²) in [6, 6.07) is 6.21. The second-order valence-corrected chi connectivity index (χ2v) is 4.39. The molecule has 0 aliphatic carbocycles. The average Bonchev–Trinajstić information content (AvgIpc) is 2.37. The Labute approximate surface area is 118 Å². The van der Waals surface area contributed by atoms with Crippen molar-refractivity contribution < 1.29 is 23.1 Å². The number of carboxylic acid groups (broad SMARTS) is 1. The summed E-state index contributed by atoms with van der Waals surface area (Å²) in [5.41, 5.74) is 4.80. The van der Waals surface area contributed by atoms with Crippen LogP contribution in [-0.2, 0) is 17.4 Å². The van der Waals surface area contributed by atoms with Crippen LogP contribution < -0.4 is 5.73 Å². The van der Waals surface area contributed by atoms with Crippen molar-refractivity contribution in [2.24, 2.45) is 0 Å². The SMILES string of the molecule is Nc1cnc(-c2ccccc2C(F)(F)F)c(CC(=O)O)c1. The molecule has 1 heterocycles. The minimum atomic E-state index is -4.56. The van der Waals surface area contributed by atoms with Crippen molar-refractivity contribution in [1.82, 2.24) is 4.98 Å². The molecule has 0 bridgehead atoms. The van der Waals surface area contributed by atoms with E-state index < -0.39 is 24.1 Å². The molecule has 4 nitrogen and oxygen atoms in total. The van der Waals surface area contributed by atoms with Crippen molar-refractivity contribution in [3.8, 4) is 11.3 Å². The molecule has 0 saturated heterocycles. The van der Waals surface area contributed by atoms with Crippen molar-refractivity contribution in [2.75, 3.05) is 5.73 Å². The van der Waals surface area contributed by atoms with Crippen LogP contribution in [0.25, 0.3) is 11.3 Å². The van der Waals surface area contributed by atoms with Gasteiger partial charge in [0.25, 0.3) is 0 Å². The van der Waals surface area contributed by atoms with Gasteiger partial charge in [-0.25, -0.2) is 0 Å². The summed E-state index contributed by atoms with van der Waals surface area (Å²) in [7, 11) is 0. The molecule has 21 heavy (non-hydrogen) atoms. The smallest absolute Gasteiger partial charge is 0.417 e. The van der Waals surface area contributed by atoms with E-state index in [1.54, 1.807) is 0 Å². The van der Waals surface area contributed by atoms with Gasteiger partial charge in [-0.3, -0.25) is 9.78 Å². The van der Waals surface area contributed by atoms with E-state index in [4.69, 9.17) is 10.8 Å². The van der Waals surface area contributed by atoms with Crippen molar-refractivity contribution in [2.45, 2.75) is 12.6 Å². The van der Waals surface area contributed by atoms with E-state index in [2.05, 4.69) is 4.98 Å². The van der Waals surface area contributed by atoms with Crippen LogP contribution >= 0.6 is 0 Å². The number of benzene rings is 1. The molecule has 0 aliphatic heterocycles. The Bertz CT molecular complexity index is 684. The lowest BCUT2D eigenvalue weighted by molar-refractivity contribution is -0.137. The number of aromatic nitrogens is 1. The molecule has 0 atom stereocenters. The van der Waals surface area contributed by atoms with E-state index in [0.717, 1.165) is 6.07 Å². The number of pyridine rings is 1. The van der Waals surface area contributed by atoms with Crippen molar-refractivity contribution in [3.05, 3.63) is 47.7 Å². The van der Waals surface area contributed by atoms with Crippen molar-refractivity contribution in [1.29, 1.82) is 0 Å². The maximum absolute atomic E-state index is 13.0. The maximum atomic E-state index is 13.0. The molecule has 0 unspecified atom stereocenters. The standard InChI is InChI=1S/C14H11F3N2O2/c15-14(16,17)11-4-2-1-3-10(11)13-8(6-12(20)21)5-9(18)7-19-13/h1-5,7H,6,18H2,(H,20,21). The number of rotatable bonds is 3. The molecule has 2 rings (SSSR count). The Balaban J connectivity index is 2.65. The van der Waals surface area contributed by atoms with E-state index in [0.29, 0.717) is 0 Å². The Morgan fingerprint density at radius 1 is 1.29 bits per heavy atom. The Morgan fingerprint density at radius 2 is 1.95 bits per heavy atom. The Kier molecular flexibility index (Phi) is 3.84. The summed E-state index contributed by atoms with van der Waals surface area (Å²) >= 11 is 0. The predicted molar refractivity (Wildman–Crippen MR) is 70.4 cm³/mol. The van der Waals surface area contributed by atoms with Gasteiger partial charge in [0.1, 0.15) is 0 Å². The third-order valence-electron chi connectivity index (χ3n) is 2.82. The Morgan fingerprint density at radius 3 is 2.57 bits per heavy atom. The summed E-state index contributed by atoms with van der Waals surface area (Å²) in [6.07, 6.45) is -3.81. The lowest BCUT2D eigenvalue weighted by Gasteiger charge is -2.14. The van der Waals surface area contributed by atoms with Crippen LogP contribution in [0.3, 0.4) is 0 Å². The quantitative estimate of drug-likeness (QED) is 0.913. The van der Waals surface area contributed by atoms with Gasteiger partial charge in [0.15, 0.2) is 0 Å². The molecular weight excluding hydrogens is 285 g/mol. The number of carboxylic acids is 1. The van der Waals surface area contributed by atoms with Gasteiger partial charge in [-0.2, -0.15) is 13.2 Å². The number of halogens is 3. The number of aliphatic carboxylic acids is 1. The number of nitrogens with two attached hydrogens (primary N) is 1. The first-order valence-corrected chi connectivity index (χ1v) is 5.92. The molecule has 0 amide bonds. The normalized spacial score (nSPS) is 11.4. The van der Waals surface area contributed by atoms with E-state index in [-0.39, 0.29) is 22.5 Å². The fourth-order valence-corrected chi connectivity index (χ4v) is 2.01. The highest BCUT2D eigenvalue weighted by molar-refractivity contribution is 5.77. The van der Waals surface area contributed by atoms with Gasteiger partial charge in [0.2, 0.25) is 0 Å². The van der Waals surface area contributed by atoms with Crippen molar-refractivity contribution >= 4 is 11.7 Å². The molecule has 0 fully saturated rings. The molecule has 0 aliphatic rings. The molecule has 2 aromatic rings. The highest BCUT2D eigenvalue weighted by atomic mass is 19.4. The number of carbonyl (C=O) groups is 1. The lowest BCUT2D eigenvalue weighted by Crippen LogP contribution is -2.10. The molecule has 1 aromatic heterocycles. The minimum Gasteiger partial charge on any atom is -0.481 e. The molecular formula is C14H11F3N2O2. The third kappa shape index (κ3) is 3.31. The highest BCUT2D eigenvalue weighted by Gasteiger charge is 2.34. The zero-order chi connectivity index (χ0) is 15.6. The maximum Gasteiger partial charge on any atom is 0.417 e. The van der Waals surface area contributed by atoms with Gasteiger partial charge < -0.3 is 10.8 Å². The second kappa shape index (κ2) is 5.43. The lowest BCUT2D eigenvalue weighted by atomic mass is 9.98. The summed E-state index contributed by atoms with van der Waals surface area (Å²) < 4.78 is 39.1. The molecule has 3 N–H and O–H groups in total. The van der Waals surface area contributed by atoms with Crippen molar-refractivity contribution in [3.63, 3.8) is 0 Å². The first kappa shape index (κ1) is 14.8. The summed E-state index contributed by atoms with van der Waals surface area (Å²) in [6.45, 7) is 0. The molecule has 1 aromatic carbocycles. The number of hydrogen-bond donors (Lipinski definition) is 2. The van der Waals surface area contributed by atoms with Gasteiger partial charge in [-0.15, -0.1) is 0 Å². The number of nitrogens with zero attached hydrogens (tertiary/aromatic N) is 1. The van der Waals surface area contributed by atoms with Crippen LogP contribution in [-0.4, -0.2) is 16.1 Å². The molecule has 110 valence electrons. The molecule has 0 spiro atoms. The van der Waals surface area contributed by atoms with Gasteiger partial charge in [0.05, 0.1) is 29.6 Å². The van der Waals surface area contributed by atoms with Crippen LogP contribution in [0.5, 0.6) is 0 Å². The Hall–Kier alpha value is -2.57. The highest BCUT2D eigenvalue weighted by Crippen LogP contribution is 2.37. The number of anilines is 1.